The monoisotopic (exact) mass is 418 g/mol. The number of alkyl halides is 3. The Morgan fingerprint density at radius 1 is 1.20 bits per heavy atom. The lowest BCUT2D eigenvalue weighted by Crippen LogP contribution is -2.23. The van der Waals surface area contributed by atoms with Gasteiger partial charge in [-0.2, -0.15) is 13.2 Å². The Labute approximate surface area is 170 Å². The Hall–Kier alpha value is -3.23. The third kappa shape index (κ3) is 3.55. The molecule has 156 valence electrons. The first kappa shape index (κ1) is 20.1. The molecule has 1 amide bonds. The number of aromatic nitrogens is 3. The predicted molar refractivity (Wildman–Crippen MR) is 101 cm³/mol. The molecule has 0 spiro atoms. The van der Waals surface area contributed by atoms with Crippen molar-refractivity contribution in [2.75, 3.05) is 4.90 Å². The number of carbonyl (C=O) groups excluding carboxylic acids is 1. The molecule has 0 aliphatic carbocycles. The van der Waals surface area contributed by atoms with Gasteiger partial charge in [-0.05, 0) is 47.4 Å². The molecule has 0 N–H and O–H groups in total. The van der Waals surface area contributed by atoms with Gasteiger partial charge in [0.15, 0.2) is 0 Å². The van der Waals surface area contributed by atoms with E-state index in [9.17, 15) is 22.4 Å². The van der Waals surface area contributed by atoms with Gasteiger partial charge in [-0.15, -0.1) is 10.2 Å². The minimum absolute atomic E-state index is 0.0113. The second kappa shape index (κ2) is 7.23. The molecule has 0 unspecified atom stereocenters. The van der Waals surface area contributed by atoms with Crippen molar-refractivity contribution in [1.82, 2.24) is 14.8 Å². The number of hydrogen-bond donors (Lipinski definition) is 0. The van der Waals surface area contributed by atoms with Gasteiger partial charge in [0.2, 0.25) is 0 Å². The molecule has 2 heterocycles. The van der Waals surface area contributed by atoms with E-state index >= 15 is 0 Å². The van der Waals surface area contributed by atoms with Crippen molar-refractivity contribution in [2.45, 2.75) is 32.0 Å². The maximum Gasteiger partial charge on any atom is 0.416 e. The number of halogens is 4. The summed E-state index contributed by atoms with van der Waals surface area (Å²) in [4.78, 5) is 14.0. The molecule has 0 radical (unpaired) electrons. The van der Waals surface area contributed by atoms with E-state index in [0.717, 1.165) is 12.1 Å². The van der Waals surface area contributed by atoms with Crippen LogP contribution in [-0.4, -0.2) is 20.7 Å². The first-order valence-corrected chi connectivity index (χ1v) is 9.29. The maximum absolute atomic E-state index is 14.4. The normalized spacial score (nSPS) is 14.9. The highest BCUT2D eigenvalue weighted by molar-refractivity contribution is 6.10. The van der Waals surface area contributed by atoms with E-state index in [1.54, 1.807) is 24.0 Å². The lowest BCUT2D eigenvalue weighted by atomic mass is 9.96. The molecule has 30 heavy (non-hydrogen) atoms. The van der Waals surface area contributed by atoms with Crippen LogP contribution >= 0.6 is 0 Å². The quantitative estimate of drug-likeness (QED) is 0.587. The zero-order valence-corrected chi connectivity index (χ0v) is 16.2. The fourth-order valence-corrected chi connectivity index (χ4v) is 3.73. The molecule has 9 heteroatoms. The largest absolute Gasteiger partial charge is 0.416 e. The van der Waals surface area contributed by atoms with Crippen molar-refractivity contribution < 1.29 is 22.4 Å². The van der Waals surface area contributed by atoms with Gasteiger partial charge in [-0.1, -0.05) is 13.0 Å². The van der Waals surface area contributed by atoms with Crippen LogP contribution in [0, 0.1) is 5.82 Å². The Morgan fingerprint density at radius 3 is 2.63 bits per heavy atom. The summed E-state index contributed by atoms with van der Waals surface area (Å²) in [6.45, 7) is 1.62. The van der Waals surface area contributed by atoms with Crippen molar-refractivity contribution >= 4 is 11.6 Å². The number of nitrogens with zero attached hydrogens (tertiary/aromatic N) is 4. The van der Waals surface area contributed by atoms with Crippen molar-refractivity contribution in [3.63, 3.8) is 0 Å². The van der Waals surface area contributed by atoms with Crippen LogP contribution in [0.15, 0.2) is 42.7 Å². The Morgan fingerprint density at radius 2 is 1.97 bits per heavy atom. The van der Waals surface area contributed by atoms with E-state index in [-0.39, 0.29) is 29.3 Å². The van der Waals surface area contributed by atoms with Crippen LogP contribution in [0.4, 0.5) is 23.2 Å². The third-order valence-corrected chi connectivity index (χ3v) is 5.35. The lowest BCUT2D eigenvalue weighted by molar-refractivity contribution is -0.138. The highest BCUT2D eigenvalue weighted by Crippen LogP contribution is 2.39. The second-order valence-corrected chi connectivity index (χ2v) is 7.43. The van der Waals surface area contributed by atoms with Crippen LogP contribution in [0.25, 0.3) is 0 Å². The molecule has 0 bridgehead atoms. The first-order valence-electron chi connectivity index (χ1n) is 9.29. The number of aryl methyl sites for hydroxylation is 1. The van der Waals surface area contributed by atoms with E-state index < -0.39 is 23.5 Å². The average Bonchev–Trinajstić information content (AvgIpc) is 3.23. The molecular weight excluding hydrogens is 400 g/mol. The number of anilines is 1. The van der Waals surface area contributed by atoms with Crippen LogP contribution in [0.5, 0.6) is 0 Å². The summed E-state index contributed by atoms with van der Waals surface area (Å²) in [5.41, 5.74) is -0.101. The van der Waals surface area contributed by atoms with Gasteiger partial charge < -0.3 is 9.47 Å². The van der Waals surface area contributed by atoms with Crippen molar-refractivity contribution in [1.29, 1.82) is 0 Å². The van der Waals surface area contributed by atoms with Crippen LogP contribution in [0.1, 0.15) is 45.7 Å². The van der Waals surface area contributed by atoms with Gasteiger partial charge in [-0.25, -0.2) is 4.39 Å². The van der Waals surface area contributed by atoms with Crippen molar-refractivity contribution in [3.8, 4) is 0 Å². The van der Waals surface area contributed by atoms with Crippen molar-refractivity contribution in [3.05, 3.63) is 76.6 Å². The summed E-state index contributed by atoms with van der Waals surface area (Å²) in [5.74, 6) is -0.568. The number of hydrogen-bond acceptors (Lipinski definition) is 3. The van der Waals surface area contributed by atoms with Gasteiger partial charge in [0.05, 0.1) is 12.1 Å². The summed E-state index contributed by atoms with van der Waals surface area (Å²) in [7, 11) is 1.80. The minimum Gasteiger partial charge on any atom is -0.321 e. The van der Waals surface area contributed by atoms with E-state index in [4.69, 9.17) is 0 Å². The van der Waals surface area contributed by atoms with Gasteiger partial charge >= 0.3 is 6.18 Å². The fourth-order valence-electron chi connectivity index (χ4n) is 3.73. The number of carbonyl (C=O) groups is 1. The average molecular weight is 418 g/mol. The predicted octanol–water partition coefficient (Wildman–Crippen LogP) is 4.48. The molecule has 0 fully saturated rings. The van der Waals surface area contributed by atoms with E-state index in [0.29, 0.717) is 17.8 Å². The van der Waals surface area contributed by atoms with Gasteiger partial charge in [-0.3, -0.25) is 4.79 Å². The molecule has 1 aliphatic heterocycles. The molecule has 0 saturated heterocycles. The zero-order valence-electron chi connectivity index (χ0n) is 16.2. The number of rotatable bonds is 4. The van der Waals surface area contributed by atoms with E-state index in [1.165, 1.54) is 23.1 Å². The highest BCUT2D eigenvalue weighted by atomic mass is 19.4. The van der Waals surface area contributed by atoms with E-state index in [2.05, 4.69) is 10.2 Å². The summed E-state index contributed by atoms with van der Waals surface area (Å²) in [6.07, 6.45) is -2.51. The smallest absolute Gasteiger partial charge is 0.321 e. The summed E-state index contributed by atoms with van der Waals surface area (Å²) >= 11 is 0. The fraction of sp³-hybridized carbons (Fsp3) is 0.286. The minimum atomic E-state index is -4.57. The highest BCUT2D eigenvalue weighted by Gasteiger charge is 2.39. The molecule has 1 aromatic heterocycles. The molecule has 2 aromatic carbocycles. The summed E-state index contributed by atoms with van der Waals surface area (Å²) in [6, 6.07) is 7.69. The van der Waals surface area contributed by atoms with Crippen LogP contribution in [0.3, 0.4) is 0 Å². The lowest BCUT2D eigenvalue weighted by Gasteiger charge is -2.19. The molecular formula is C21H18F4N4O. The Balaban J connectivity index is 1.67. The summed E-state index contributed by atoms with van der Waals surface area (Å²) < 4.78 is 56.2. The number of benzene rings is 2. The molecule has 4 rings (SSSR count). The molecule has 1 aliphatic rings. The standard InChI is InChI=1S/C21H18F4N4O/c1-12(6-19-27-26-11-28(19)2)13-7-14(22)9-15(8-13)29-10-17-16(20(29)30)4-3-5-18(17)21(23,24)25/h3-5,7-9,11-12H,6,10H2,1-2H3/t12-/m0/s1. The van der Waals surface area contributed by atoms with Gasteiger partial charge in [0.25, 0.3) is 5.91 Å². The summed E-state index contributed by atoms with van der Waals surface area (Å²) in [5, 5.41) is 7.85. The molecule has 5 nitrogen and oxygen atoms in total. The molecule has 1 atom stereocenters. The van der Waals surface area contributed by atoms with Gasteiger partial charge in [0.1, 0.15) is 18.0 Å². The van der Waals surface area contributed by atoms with Crippen LogP contribution in [0.2, 0.25) is 0 Å². The van der Waals surface area contributed by atoms with Crippen LogP contribution in [-0.2, 0) is 26.2 Å². The number of fused-ring (bicyclic) bond motifs is 1. The SMILES string of the molecule is C[C@@H](Cc1nncn1C)c1cc(F)cc(N2Cc3c(cccc3C(F)(F)F)C2=O)c1. The van der Waals surface area contributed by atoms with Crippen molar-refractivity contribution in [2.24, 2.45) is 7.05 Å². The van der Waals surface area contributed by atoms with Gasteiger partial charge in [0, 0.05) is 24.7 Å². The Bertz CT molecular complexity index is 1120. The number of amides is 1. The molecule has 3 aromatic rings. The topological polar surface area (TPSA) is 51.0 Å². The third-order valence-electron chi connectivity index (χ3n) is 5.35. The second-order valence-electron chi connectivity index (χ2n) is 7.43. The van der Waals surface area contributed by atoms with Crippen LogP contribution < -0.4 is 4.90 Å². The first-order chi connectivity index (χ1) is 14.1. The molecule has 0 saturated carbocycles. The van der Waals surface area contributed by atoms with E-state index in [1.807, 2.05) is 6.92 Å². The maximum atomic E-state index is 14.4. The zero-order chi connectivity index (χ0) is 21.6. The Kier molecular flexibility index (Phi) is 4.83.